The van der Waals surface area contributed by atoms with Crippen LogP contribution in [0.1, 0.15) is 24.5 Å². The van der Waals surface area contributed by atoms with Crippen LogP contribution in [0.3, 0.4) is 0 Å². The average molecular weight is 482 g/mol. The zero-order chi connectivity index (χ0) is 23.4. The molecule has 1 aliphatic rings. The van der Waals surface area contributed by atoms with Gasteiger partial charge in [0, 0.05) is 24.3 Å². The second-order valence-electron chi connectivity index (χ2n) is 8.06. The first-order valence-corrected chi connectivity index (χ1v) is 13.2. The maximum atomic E-state index is 12.4. The van der Waals surface area contributed by atoms with Crippen molar-refractivity contribution < 1.29 is 30.0 Å². The van der Waals surface area contributed by atoms with E-state index in [1.165, 1.54) is 12.1 Å². The van der Waals surface area contributed by atoms with Crippen LogP contribution in [0, 0.1) is 18.8 Å². The highest BCUT2D eigenvalue weighted by Gasteiger charge is 2.37. The van der Waals surface area contributed by atoms with Crippen LogP contribution in [0.25, 0.3) is 0 Å². The van der Waals surface area contributed by atoms with E-state index in [0.717, 1.165) is 5.56 Å². The summed E-state index contributed by atoms with van der Waals surface area (Å²) in [6, 6.07) is 14.5. The van der Waals surface area contributed by atoms with Gasteiger partial charge in [-0.05, 0) is 24.6 Å². The number of amides is 1. The van der Waals surface area contributed by atoms with Gasteiger partial charge < -0.3 is 5.32 Å². The number of rotatable bonds is 10. The summed E-state index contributed by atoms with van der Waals surface area (Å²) in [5.74, 6) is -1.31. The summed E-state index contributed by atoms with van der Waals surface area (Å²) in [6.07, 6.45) is 0.0978. The minimum Gasteiger partial charge on any atom is -0.353 e. The molecule has 1 fully saturated rings. The topological polar surface area (TPSA) is 116 Å². The molecule has 1 heterocycles. The molecule has 2 aromatic carbocycles. The molecule has 0 aliphatic carbocycles. The fourth-order valence-corrected chi connectivity index (χ4v) is 5.65. The normalized spacial score (nSPS) is 20.1. The molecule has 0 bridgehead atoms. The van der Waals surface area contributed by atoms with Crippen LogP contribution in [0.4, 0.5) is 0 Å². The van der Waals surface area contributed by atoms with Crippen LogP contribution in [0.5, 0.6) is 0 Å². The molecule has 1 N–H and O–H groups in total. The average Bonchev–Trinajstić information content (AvgIpc) is 3.12. The monoisotopic (exact) mass is 481 g/mol. The highest BCUT2D eigenvalue weighted by atomic mass is 32.2. The Bertz CT molecular complexity index is 1130. The Labute approximate surface area is 189 Å². The maximum Gasteiger partial charge on any atom is 0.296 e. The molecular formula is C22H27NO7S2. The SMILES string of the molecule is Cc1ccc(S(=O)(=O)OCC(C)C2NC(=O)C[C@H]2COS(=O)(=O)Cc2ccccc2)cc1. The predicted octanol–water partition coefficient (Wildman–Crippen LogP) is 2.39. The van der Waals surface area contributed by atoms with Crippen LogP contribution < -0.4 is 5.32 Å². The van der Waals surface area contributed by atoms with E-state index in [9.17, 15) is 21.6 Å². The van der Waals surface area contributed by atoms with E-state index >= 15 is 0 Å². The predicted molar refractivity (Wildman–Crippen MR) is 119 cm³/mol. The molecule has 1 aliphatic heterocycles. The van der Waals surface area contributed by atoms with E-state index < -0.39 is 32.2 Å². The Hall–Kier alpha value is -2.27. The molecule has 2 aromatic rings. The second kappa shape index (κ2) is 10.1. The fraction of sp³-hybridized carbons (Fsp3) is 0.409. The van der Waals surface area contributed by atoms with E-state index in [1.54, 1.807) is 49.4 Å². The van der Waals surface area contributed by atoms with Crippen LogP contribution in [-0.2, 0) is 39.1 Å². The van der Waals surface area contributed by atoms with Crippen molar-refractivity contribution in [3.05, 3.63) is 65.7 Å². The van der Waals surface area contributed by atoms with E-state index in [-0.39, 0.29) is 42.1 Å². The molecule has 0 radical (unpaired) electrons. The van der Waals surface area contributed by atoms with Crippen molar-refractivity contribution in [2.45, 2.75) is 37.0 Å². The van der Waals surface area contributed by atoms with E-state index in [4.69, 9.17) is 8.37 Å². The first-order valence-electron chi connectivity index (χ1n) is 10.2. The Morgan fingerprint density at radius 3 is 2.31 bits per heavy atom. The Morgan fingerprint density at radius 2 is 1.66 bits per heavy atom. The summed E-state index contributed by atoms with van der Waals surface area (Å²) in [5.41, 5.74) is 1.53. The molecule has 32 heavy (non-hydrogen) atoms. The Balaban J connectivity index is 1.58. The maximum absolute atomic E-state index is 12.4. The fourth-order valence-electron chi connectivity index (χ4n) is 3.58. The molecule has 10 heteroatoms. The van der Waals surface area contributed by atoms with Gasteiger partial charge in [-0.25, -0.2) is 0 Å². The summed E-state index contributed by atoms with van der Waals surface area (Å²) in [5, 5.41) is 2.78. The molecule has 0 spiro atoms. The number of hydrogen-bond donors (Lipinski definition) is 1. The lowest BCUT2D eigenvalue weighted by molar-refractivity contribution is -0.119. The zero-order valence-corrected chi connectivity index (χ0v) is 19.6. The van der Waals surface area contributed by atoms with Crippen molar-refractivity contribution >= 4 is 26.1 Å². The van der Waals surface area contributed by atoms with Gasteiger partial charge in [0.05, 0.1) is 18.1 Å². The minimum atomic E-state index is -3.94. The Kier molecular flexibility index (Phi) is 7.71. The molecule has 3 rings (SSSR count). The van der Waals surface area contributed by atoms with Crippen molar-refractivity contribution in [1.29, 1.82) is 0 Å². The van der Waals surface area contributed by atoms with Gasteiger partial charge in [-0.15, -0.1) is 0 Å². The molecule has 1 amide bonds. The minimum absolute atomic E-state index is 0.0534. The largest absolute Gasteiger partial charge is 0.353 e. The van der Waals surface area contributed by atoms with Gasteiger partial charge in [-0.3, -0.25) is 13.2 Å². The second-order valence-corrected chi connectivity index (χ2v) is 11.3. The van der Waals surface area contributed by atoms with Gasteiger partial charge in [0.15, 0.2) is 0 Å². The molecule has 174 valence electrons. The standard InChI is InChI=1S/C22H27NO7S2/c1-16-8-10-20(11-9-16)32(27,28)30-13-17(2)22-19(12-21(24)23-22)14-29-31(25,26)15-18-6-4-3-5-7-18/h3-11,17,19,22H,12-15H2,1-2H3,(H,23,24)/t17?,19-,22?/m0/s1. The summed E-state index contributed by atoms with van der Waals surface area (Å²) >= 11 is 0. The van der Waals surface area contributed by atoms with Crippen LogP contribution in [0.2, 0.25) is 0 Å². The van der Waals surface area contributed by atoms with Crippen molar-refractivity contribution in [3.8, 4) is 0 Å². The molecule has 0 aromatic heterocycles. The van der Waals surface area contributed by atoms with Crippen LogP contribution in [0.15, 0.2) is 59.5 Å². The molecule has 3 atom stereocenters. The van der Waals surface area contributed by atoms with E-state index in [0.29, 0.717) is 5.56 Å². The number of hydrogen-bond acceptors (Lipinski definition) is 7. The van der Waals surface area contributed by atoms with Gasteiger partial charge in [-0.2, -0.15) is 16.8 Å². The van der Waals surface area contributed by atoms with Crippen LogP contribution in [-0.4, -0.2) is 42.0 Å². The first kappa shape index (κ1) is 24.4. The summed E-state index contributed by atoms with van der Waals surface area (Å²) in [7, 11) is -7.77. The highest BCUT2D eigenvalue weighted by molar-refractivity contribution is 7.86. The van der Waals surface area contributed by atoms with Gasteiger partial charge >= 0.3 is 0 Å². The third-order valence-electron chi connectivity index (χ3n) is 5.34. The lowest BCUT2D eigenvalue weighted by Gasteiger charge is -2.24. The number of aryl methyl sites for hydroxylation is 1. The van der Waals surface area contributed by atoms with Crippen LogP contribution >= 0.6 is 0 Å². The number of carbonyl (C=O) groups excluding carboxylic acids is 1. The molecular weight excluding hydrogens is 454 g/mol. The van der Waals surface area contributed by atoms with Crippen molar-refractivity contribution in [2.24, 2.45) is 11.8 Å². The number of nitrogens with one attached hydrogen (secondary N) is 1. The quantitative estimate of drug-likeness (QED) is 0.518. The lowest BCUT2D eigenvalue weighted by Crippen LogP contribution is -2.39. The van der Waals surface area contributed by atoms with Crippen molar-refractivity contribution in [3.63, 3.8) is 0 Å². The first-order chi connectivity index (χ1) is 15.1. The third-order valence-corrected chi connectivity index (χ3v) is 7.82. The van der Waals surface area contributed by atoms with E-state index in [1.807, 2.05) is 6.92 Å². The van der Waals surface area contributed by atoms with Gasteiger partial charge in [0.2, 0.25) is 5.91 Å². The number of benzene rings is 2. The summed E-state index contributed by atoms with van der Waals surface area (Å²) < 4.78 is 59.9. The molecule has 0 saturated carbocycles. The number of carbonyl (C=O) groups is 1. The Morgan fingerprint density at radius 1 is 1.00 bits per heavy atom. The van der Waals surface area contributed by atoms with E-state index in [2.05, 4.69) is 5.32 Å². The summed E-state index contributed by atoms with van der Waals surface area (Å²) in [6.45, 7) is 3.26. The highest BCUT2D eigenvalue weighted by Crippen LogP contribution is 2.26. The molecule has 1 saturated heterocycles. The zero-order valence-electron chi connectivity index (χ0n) is 17.9. The smallest absolute Gasteiger partial charge is 0.296 e. The van der Waals surface area contributed by atoms with Gasteiger partial charge in [0.25, 0.3) is 20.2 Å². The van der Waals surface area contributed by atoms with Crippen molar-refractivity contribution in [2.75, 3.05) is 13.2 Å². The lowest BCUT2D eigenvalue weighted by atomic mass is 9.92. The third kappa shape index (κ3) is 6.61. The summed E-state index contributed by atoms with van der Waals surface area (Å²) in [4.78, 5) is 12.0. The van der Waals surface area contributed by atoms with Gasteiger partial charge in [-0.1, -0.05) is 55.0 Å². The van der Waals surface area contributed by atoms with Crippen molar-refractivity contribution in [1.82, 2.24) is 5.32 Å². The van der Waals surface area contributed by atoms with Gasteiger partial charge in [0.1, 0.15) is 5.75 Å². The molecule has 8 nitrogen and oxygen atoms in total. The molecule has 2 unspecified atom stereocenters.